The molecule has 0 radical (unpaired) electrons. The summed E-state index contributed by atoms with van der Waals surface area (Å²) in [6.07, 6.45) is 1.92. The van der Waals surface area contributed by atoms with E-state index in [1.807, 2.05) is 24.3 Å². The van der Waals surface area contributed by atoms with Gasteiger partial charge in [0.25, 0.3) is 0 Å². The summed E-state index contributed by atoms with van der Waals surface area (Å²) in [4.78, 5) is 4.58. The molecule has 1 fully saturated rings. The van der Waals surface area contributed by atoms with Crippen LogP contribution in [0.25, 0.3) is 11.0 Å². The quantitative estimate of drug-likeness (QED) is 0.843. The van der Waals surface area contributed by atoms with Crippen LogP contribution in [0.2, 0.25) is 0 Å². The molecule has 0 amide bonds. The Morgan fingerprint density at radius 3 is 2.82 bits per heavy atom. The third-order valence-corrected chi connectivity index (χ3v) is 5.38. The molecular weight excluding hydrogens is 302 g/mol. The SMILES string of the molecule is CO[C@H](C)CS(=O)(=O)NCc1nc2ccccc2n1C1CC1. The van der Waals surface area contributed by atoms with Crippen molar-refractivity contribution in [1.29, 1.82) is 0 Å². The molecule has 1 aromatic heterocycles. The number of fused-ring (bicyclic) bond motifs is 1. The molecule has 1 atom stereocenters. The van der Waals surface area contributed by atoms with Crippen LogP contribution in [0.15, 0.2) is 24.3 Å². The number of rotatable bonds is 7. The van der Waals surface area contributed by atoms with E-state index in [2.05, 4.69) is 14.3 Å². The van der Waals surface area contributed by atoms with Crippen LogP contribution in [0.4, 0.5) is 0 Å². The number of methoxy groups -OCH3 is 1. The van der Waals surface area contributed by atoms with Crippen molar-refractivity contribution in [2.45, 2.75) is 38.5 Å². The molecule has 0 spiro atoms. The van der Waals surface area contributed by atoms with E-state index >= 15 is 0 Å². The van der Waals surface area contributed by atoms with E-state index in [1.165, 1.54) is 7.11 Å². The third kappa shape index (κ3) is 3.31. The minimum atomic E-state index is -3.38. The lowest BCUT2D eigenvalue weighted by Gasteiger charge is -2.12. The van der Waals surface area contributed by atoms with Crippen LogP contribution in [0.5, 0.6) is 0 Å². The van der Waals surface area contributed by atoms with Gasteiger partial charge in [-0.15, -0.1) is 0 Å². The monoisotopic (exact) mass is 323 g/mol. The van der Waals surface area contributed by atoms with Gasteiger partial charge in [0.1, 0.15) is 5.82 Å². The van der Waals surface area contributed by atoms with E-state index in [0.29, 0.717) is 6.04 Å². The van der Waals surface area contributed by atoms with Crippen LogP contribution in [-0.2, 0) is 21.3 Å². The first-order valence-corrected chi connectivity index (χ1v) is 9.11. The standard InChI is InChI=1S/C15H21N3O3S/c1-11(21-2)10-22(19,20)16-9-15-17-13-5-3-4-6-14(13)18(15)12-7-8-12/h3-6,11-12,16H,7-10H2,1-2H3/t11-/m1/s1. The number of nitrogens with zero attached hydrogens (tertiary/aromatic N) is 2. The number of hydrogen-bond acceptors (Lipinski definition) is 4. The fourth-order valence-electron chi connectivity index (χ4n) is 2.57. The molecule has 1 saturated carbocycles. The molecule has 6 nitrogen and oxygen atoms in total. The number of ether oxygens (including phenoxy) is 1. The molecule has 1 aliphatic carbocycles. The van der Waals surface area contributed by atoms with Crippen LogP contribution in [0, 0.1) is 0 Å². The highest BCUT2D eigenvalue weighted by Gasteiger charge is 2.28. The van der Waals surface area contributed by atoms with Gasteiger partial charge in [-0.05, 0) is 31.9 Å². The summed E-state index contributed by atoms with van der Waals surface area (Å²) in [7, 11) is -1.87. The molecule has 1 heterocycles. The highest BCUT2D eigenvalue weighted by molar-refractivity contribution is 7.89. The molecule has 0 unspecified atom stereocenters. The summed E-state index contributed by atoms with van der Waals surface area (Å²) in [6, 6.07) is 8.37. The molecule has 120 valence electrons. The second kappa shape index (κ2) is 5.98. The van der Waals surface area contributed by atoms with Gasteiger partial charge in [0.05, 0.1) is 29.4 Å². The Labute approximate surface area is 130 Å². The molecule has 0 aliphatic heterocycles. The van der Waals surface area contributed by atoms with Crippen molar-refractivity contribution in [3.05, 3.63) is 30.1 Å². The van der Waals surface area contributed by atoms with Gasteiger partial charge in [-0.3, -0.25) is 0 Å². The van der Waals surface area contributed by atoms with Crippen LogP contribution in [0.3, 0.4) is 0 Å². The maximum absolute atomic E-state index is 12.1. The van der Waals surface area contributed by atoms with Gasteiger partial charge in [0.2, 0.25) is 10.0 Å². The first kappa shape index (κ1) is 15.5. The highest BCUT2D eigenvalue weighted by atomic mass is 32.2. The lowest BCUT2D eigenvalue weighted by atomic mass is 10.3. The Hall–Kier alpha value is -1.44. The lowest BCUT2D eigenvalue weighted by molar-refractivity contribution is 0.136. The van der Waals surface area contributed by atoms with Crippen LogP contribution >= 0.6 is 0 Å². The number of benzene rings is 1. The van der Waals surface area contributed by atoms with E-state index in [9.17, 15) is 8.42 Å². The van der Waals surface area contributed by atoms with E-state index in [-0.39, 0.29) is 18.4 Å². The average molecular weight is 323 g/mol. The molecule has 7 heteroatoms. The Balaban J connectivity index is 1.81. The summed E-state index contributed by atoms with van der Waals surface area (Å²) in [5.41, 5.74) is 1.98. The van der Waals surface area contributed by atoms with Crippen molar-refractivity contribution in [2.24, 2.45) is 0 Å². The van der Waals surface area contributed by atoms with Gasteiger partial charge < -0.3 is 9.30 Å². The van der Waals surface area contributed by atoms with Crippen molar-refractivity contribution in [3.8, 4) is 0 Å². The minimum Gasteiger partial charge on any atom is -0.381 e. The maximum atomic E-state index is 12.1. The zero-order valence-corrected chi connectivity index (χ0v) is 13.6. The van der Waals surface area contributed by atoms with Gasteiger partial charge in [-0.25, -0.2) is 18.1 Å². The van der Waals surface area contributed by atoms with Crippen molar-refractivity contribution in [3.63, 3.8) is 0 Å². The average Bonchev–Trinajstić information content (AvgIpc) is 3.25. The topological polar surface area (TPSA) is 73.2 Å². The van der Waals surface area contributed by atoms with E-state index in [4.69, 9.17) is 4.74 Å². The summed E-state index contributed by atoms with van der Waals surface area (Å²) in [5, 5.41) is 0. The van der Waals surface area contributed by atoms with E-state index < -0.39 is 10.0 Å². The number of aromatic nitrogens is 2. The smallest absolute Gasteiger partial charge is 0.214 e. The number of hydrogen-bond donors (Lipinski definition) is 1. The Morgan fingerprint density at radius 1 is 1.41 bits per heavy atom. The Bertz CT molecular complexity index is 765. The highest BCUT2D eigenvalue weighted by Crippen LogP contribution is 2.38. The number of imidazole rings is 1. The van der Waals surface area contributed by atoms with Crippen LogP contribution < -0.4 is 4.72 Å². The molecule has 2 aromatic rings. The largest absolute Gasteiger partial charge is 0.381 e. The van der Waals surface area contributed by atoms with Crippen molar-refractivity contribution < 1.29 is 13.2 Å². The molecule has 0 bridgehead atoms. The maximum Gasteiger partial charge on any atom is 0.214 e. The van der Waals surface area contributed by atoms with Crippen LogP contribution in [-0.4, -0.2) is 36.9 Å². The number of sulfonamides is 1. The fourth-order valence-corrected chi connectivity index (χ4v) is 3.79. The van der Waals surface area contributed by atoms with Gasteiger partial charge in [0, 0.05) is 13.2 Å². The first-order chi connectivity index (χ1) is 10.5. The number of para-hydroxylation sites is 2. The summed E-state index contributed by atoms with van der Waals surface area (Å²) >= 11 is 0. The summed E-state index contributed by atoms with van der Waals surface area (Å²) in [6.45, 7) is 1.95. The predicted molar refractivity (Wildman–Crippen MR) is 85.1 cm³/mol. The molecule has 1 N–H and O–H groups in total. The summed E-state index contributed by atoms with van der Waals surface area (Å²) < 4.78 is 33.9. The first-order valence-electron chi connectivity index (χ1n) is 7.46. The molecule has 22 heavy (non-hydrogen) atoms. The minimum absolute atomic E-state index is 0.0485. The molecule has 3 rings (SSSR count). The van der Waals surface area contributed by atoms with Crippen molar-refractivity contribution in [1.82, 2.24) is 14.3 Å². The van der Waals surface area contributed by atoms with Crippen molar-refractivity contribution >= 4 is 21.1 Å². The number of nitrogens with one attached hydrogen (secondary N) is 1. The van der Waals surface area contributed by atoms with Crippen molar-refractivity contribution in [2.75, 3.05) is 12.9 Å². The van der Waals surface area contributed by atoms with Gasteiger partial charge in [0.15, 0.2) is 0 Å². The van der Waals surface area contributed by atoms with Gasteiger partial charge in [-0.2, -0.15) is 0 Å². The Kier molecular flexibility index (Phi) is 4.20. The second-order valence-corrected chi connectivity index (χ2v) is 7.62. The third-order valence-electron chi connectivity index (χ3n) is 3.89. The normalized spacial score (nSPS) is 17.0. The van der Waals surface area contributed by atoms with Crippen LogP contribution in [0.1, 0.15) is 31.6 Å². The predicted octanol–water partition coefficient (Wildman–Crippen LogP) is 1.83. The second-order valence-electron chi connectivity index (χ2n) is 5.77. The lowest BCUT2D eigenvalue weighted by Crippen LogP contribution is -2.32. The summed E-state index contributed by atoms with van der Waals surface area (Å²) in [5.74, 6) is 0.727. The molecule has 1 aromatic carbocycles. The molecule has 1 aliphatic rings. The Morgan fingerprint density at radius 2 is 2.14 bits per heavy atom. The van der Waals surface area contributed by atoms with E-state index in [1.54, 1.807) is 6.92 Å². The van der Waals surface area contributed by atoms with Gasteiger partial charge >= 0.3 is 0 Å². The van der Waals surface area contributed by atoms with Gasteiger partial charge in [-0.1, -0.05) is 12.1 Å². The molecule has 0 saturated heterocycles. The molecular formula is C15H21N3O3S. The zero-order valence-electron chi connectivity index (χ0n) is 12.8. The van der Waals surface area contributed by atoms with E-state index in [0.717, 1.165) is 29.7 Å². The fraction of sp³-hybridized carbons (Fsp3) is 0.533. The zero-order chi connectivity index (χ0) is 15.7.